The summed E-state index contributed by atoms with van der Waals surface area (Å²) in [6.07, 6.45) is 6.09. The molecule has 0 N–H and O–H groups in total. The van der Waals surface area contributed by atoms with Gasteiger partial charge in [0.25, 0.3) is 0 Å². The third-order valence-electron chi connectivity index (χ3n) is 4.50. The van der Waals surface area contributed by atoms with Crippen molar-refractivity contribution < 1.29 is 4.52 Å². The van der Waals surface area contributed by atoms with E-state index in [9.17, 15) is 0 Å². The third kappa shape index (κ3) is 3.59. The highest BCUT2D eigenvalue weighted by molar-refractivity contribution is 7.09. The molecule has 4 rings (SSSR count). The molecule has 0 amide bonds. The van der Waals surface area contributed by atoms with Crippen molar-refractivity contribution in [3.63, 3.8) is 0 Å². The zero-order valence-electron chi connectivity index (χ0n) is 14.3. The molecule has 3 aromatic rings. The van der Waals surface area contributed by atoms with Crippen LogP contribution in [-0.4, -0.2) is 42.7 Å². The van der Waals surface area contributed by atoms with Crippen LogP contribution in [-0.2, 0) is 6.54 Å². The fraction of sp³-hybridized carbons (Fsp3) is 0.471. The van der Waals surface area contributed by atoms with Gasteiger partial charge in [-0.1, -0.05) is 9.64 Å². The molecule has 0 aliphatic carbocycles. The first-order chi connectivity index (χ1) is 12.2. The maximum absolute atomic E-state index is 5.42. The largest absolute Gasteiger partial charge is 0.355 e. The van der Waals surface area contributed by atoms with Gasteiger partial charge in [-0.15, -0.1) is 5.10 Å². The molecule has 130 valence electrons. The molecule has 0 bridgehead atoms. The Morgan fingerprint density at radius 3 is 2.88 bits per heavy atom. The highest BCUT2D eigenvalue weighted by Crippen LogP contribution is 2.35. The lowest BCUT2D eigenvalue weighted by molar-refractivity contribution is 0.198. The summed E-state index contributed by atoms with van der Waals surface area (Å²) in [6.45, 7) is 6.74. The summed E-state index contributed by atoms with van der Waals surface area (Å²) in [5, 5.41) is 8.40. The van der Waals surface area contributed by atoms with Crippen LogP contribution in [0, 0.1) is 13.8 Å². The SMILES string of the molecule is Cc1cc(-c2snnc2[C@H]2CCCN(Cc3cnc(C)nc3)C2)on1. The van der Waals surface area contributed by atoms with E-state index >= 15 is 0 Å². The molecule has 1 atom stereocenters. The number of piperidine rings is 1. The van der Waals surface area contributed by atoms with E-state index in [4.69, 9.17) is 4.52 Å². The highest BCUT2D eigenvalue weighted by Gasteiger charge is 2.27. The van der Waals surface area contributed by atoms with Gasteiger partial charge >= 0.3 is 0 Å². The molecule has 1 aliphatic heterocycles. The molecule has 4 heterocycles. The first kappa shape index (κ1) is 16.3. The topological polar surface area (TPSA) is 80.8 Å². The van der Waals surface area contributed by atoms with Gasteiger partial charge in [0.05, 0.1) is 11.4 Å². The molecule has 0 unspecified atom stereocenters. The lowest BCUT2D eigenvalue weighted by Crippen LogP contribution is -2.34. The Morgan fingerprint density at radius 2 is 2.12 bits per heavy atom. The van der Waals surface area contributed by atoms with Crippen LogP contribution in [0.5, 0.6) is 0 Å². The van der Waals surface area contributed by atoms with Crippen LogP contribution in [0.3, 0.4) is 0 Å². The first-order valence-electron chi connectivity index (χ1n) is 8.45. The summed E-state index contributed by atoms with van der Waals surface area (Å²) in [6, 6.07) is 1.95. The van der Waals surface area contributed by atoms with Gasteiger partial charge in [-0.25, -0.2) is 9.97 Å². The van der Waals surface area contributed by atoms with Crippen LogP contribution < -0.4 is 0 Å². The van der Waals surface area contributed by atoms with Crippen molar-refractivity contribution in [2.45, 2.75) is 39.2 Å². The summed E-state index contributed by atoms with van der Waals surface area (Å²) in [5.41, 5.74) is 3.05. The average Bonchev–Trinajstić information content (AvgIpc) is 3.26. The van der Waals surface area contributed by atoms with Crippen molar-refractivity contribution >= 4 is 11.5 Å². The minimum Gasteiger partial charge on any atom is -0.355 e. The van der Waals surface area contributed by atoms with Crippen LogP contribution >= 0.6 is 11.5 Å². The zero-order chi connectivity index (χ0) is 17.2. The molecular weight excluding hydrogens is 336 g/mol. The van der Waals surface area contributed by atoms with Crippen molar-refractivity contribution in [1.82, 2.24) is 29.6 Å². The Kier molecular flexibility index (Phi) is 4.54. The molecule has 0 saturated carbocycles. The van der Waals surface area contributed by atoms with E-state index in [0.29, 0.717) is 5.92 Å². The minimum atomic E-state index is 0.360. The monoisotopic (exact) mass is 356 g/mol. The van der Waals surface area contributed by atoms with E-state index in [1.165, 1.54) is 11.5 Å². The number of hydrogen-bond donors (Lipinski definition) is 0. The second-order valence-corrected chi connectivity index (χ2v) is 7.29. The van der Waals surface area contributed by atoms with Crippen molar-refractivity contribution in [2.75, 3.05) is 13.1 Å². The average molecular weight is 356 g/mol. The van der Waals surface area contributed by atoms with Crippen molar-refractivity contribution in [1.29, 1.82) is 0 Å². The molecule has 1 aliphatic rings. The second kappa shape index (κ2) is 6.97. The zero-order valence-corrected chi connectivity index (χ0v) is 15.2. The molecular formula is C17H20N6OS. The van der Waals surface area contributed by atoms with E-state index in [1.54, 1.807) is 0 Å². The number of hydrogen-bond acceptors (Lipinski definition) is 8. The van der Waals surface area contributed by atoms with Crippen molar-refractivity contribution in [2.24, 2.45) is 0 Å². The molecule has 7 nitrogen and oxygen atoms in total. The summed E-state index contributed by atoms with van der Waals surface area (Å²) in [4.78, 5) is 12.0. The maximum atomic E-state index is 5.42. The molecule has 0 aromatic carbocycles. The fourth-order valence-corrected chi connectivity index (χ4v) is 3.99. The molecule has 25 heavy (non-hydrogen) atoms. The Labute approximate surface area is 150 Å². The Hall–Kier alpha value is -2.19. The highest BCUT2D eigenvalue weighted by atomic mass is 32.1. The van der Waals surface area contributed by atoms with E-state index in [2.05, 4.69) is 29.6 Å². The van der Waals surface area contributed by atoms with Crippen LogP contribution in [0.25, 0.3) is 10.6 Å². The van der Waals surface area contributed by atoms with Crippen molar-refractivity contribution in [3.05, 3.63) is 41.2 Å². The van der Waals surface area contributed by atoms with Crippen LogP contribution in [0.1, 0.15) is 41.5 Å². The summed E-state index contributed by atoms with van der Waals surface area (Å²) in [7, 11) is 0. The summed E-state index contributed by atoms with van der Waals surface area (Å²) < 4.78 is 9.59. The first-order valence-corrected chi connectivity index (χ1v) is 9.22. The Bertz CT molecular complexity index is 843. The quantitative estimate of drug-likeness (QED) is 0.711. The molecule has 1 fully saturated rings. The molecule has 1 saturated heterocycles. The summed E-state index contributed by atoms with van der Waals surface area (Å²) in [5.74, 6) is 1.94. The maximum Gasteiger partial charge on any atom is 0.180 e. The minimum absolute atomic E-state index is 0.360. The van der Waals surface area contributed by atoms with E-state index in [1.807, 2.05) is 32.3 Å². The predicted molar refractivity (Wildman–Crippen MR) is 94.2 cm³/mol. The van der Waals surface area contributed by atoms with Crippen molar-refractivity contribution in [3.8, 4) is 10.6 Å². The Morgan fingerprint density at radius 1 is 1.28 bits per heavy atom. The Balaban J connectivity index is 1.50. The van der Waals surface area contributed by atoms with Crippen LogP contribution in [0.2, 0.25) is 0 Å². The number of aromatic nitrogens is 5. The van der Waals surface area contributed by atoms with Crippen LogP contribution in [0.15, 0.2) is 23.0 Å². The number of nitrogens with zero attached hydrogens (tertiary/aromatic N) is 6. The van der Waals surface area contributed by atoms with Gasteiger partial charge in [0.15, 0.2) is 5.76 Å². The molecule has 0 spiro atoms. The van der Waals surface area contributed by atoms with Gasteiger partial charge in [-0.3, -0.25) is 4.90 Å². The van der Waals surface area contributed by atoms with Gasteiger partial charge in [0.1, 0.15) is 10.7 Å². The van der Waals surface area contributed by atoms with Gasteiger partial charge < -0.3 is 4.52 Å². The van der Waals surface area contributed by atoms with E-state index in [-0.39, 0.29) is 0 Å². The second-order valence-electron chi connectivity index (χ2n) is 6.53. The lowest BCUT2D eigenvalue weighted by atomic mass is 9.93. The van der Waals surface area contributed by atoms with Gasteiger partial charge in [0, 0.05) is 43.0 Å². The molecule has 8 heteroatoms. The van der Waals surface area contributed by atoms with Gasteiger partial charge in [-0.2, -0.15) is 0 Å². The molecule has 0 radical (unpaired) electrons. The number of aryl methyl sites for hydroxylation is 2. The smallest absolute Gasteiger partial charge is 0.180 e. The normalized spacial score (nSPS) is 18.6. The van der Waals surface area contributed by atoms with Gasteiger partial charge in [-0.05, 0) is 44.8 Å². The standard InChI is InChI=1S/C17H20N6OS/c1-11-6-15(24-21-11)17-16(20-22-25-17)14-4-3-5-23(10-14)9-13-7-18-12(2)19-8-13/h6-8,14H,3-5,9-10H2,1-2H3/t14-/m0/s1. The van der Waals surface area contributed by atoms with Gasteiger partial charge in [0.2, 0.25) is 0 Å². The number of rotatable bonds is 4. The molecule has 3 aromatic heterocycles. The number of likely N-dealkylation sites (tertiary alicyclic amines) is 1. The van der Waals surface area contributed by atoms with E-state index in [0.717, 1.165) is 65.9 Å². The predicted octanol–water partition coefficient (Wildman–Crippen LogP) is 2.98. The van der Waals surface area contributed by atoms with Crippen LogP contribution in [0.4, 0.5) is 0 Å². The van der Waals surface area contributed by atoms with E-state index < -0.39 is 0 Å². The summed E-state index contributed by atoms with van der Waals surface area (Å²) >= 11 is 1.38. The fourth-order valence-electron chi connectivity index (χ4n) is 3.29. The third-order valence-corrected chi connectivity index (χ3v) is 5.25. The lowest BCUT2D eigenvalue weighted by Gasteiger charge is -2.31.